The summed E-state index contributed by atoms with van der Waals surface area (Å²) >= 11 is 1.31. The Hall–Kier alpha value is -5.47. The molecule has 0 saturated carbocycles. The summed E-state index contributed by atoms with van der Waals surface area (Å²) in [6, 6.07) is 32.6. The van der Waals surface area contributed by atoms with Crippen molar-refractivity contribution in [1.29, 1.82) is 0 Å². The summed E-state index contributed by atoms with van der Waals surface area (Å²) in [7, 11) is 1.60. The number of aromatic nitrogens is 2. The quantitative estimate of drug-likeness (QED) is 0.208. The van der Waals surface area contributed by atoms with Crippen LogP contribution in [0.2, 0.25) is 0 Å². The van der Waals surface area contributed by atoms with Gasteiger partial charge in [0.2, 0.25) is 0 Å². The van der Waals surface area contributed by atoms with Crippen LogP contribution >= 0.6 is 11.3 Å². The molecule has 228 valence electrons. The molecule has 0 spiro atoms. The van der Waals surface area contributed by atoms with Gasteiger partial charge < -0.3 is 14.5 Å². The normalized spacial score (nSPS) is 14.7. The zero-order valence-electron chi connectivity index (χ0n) is 25.6. The average molecular weight is 626 g/mol. The Balaban J connectivity index is 1.53. The number of hydrogen-bond donors (Lipinski definition) is 1. The Morgan fingerprint density at radius 1 is 0.957 bits per heavy atom. The van der Waals surface area contributed by atoms with E-state index < -0.39 is 12.0 Å². The summed E-state index contributed by atoms with van der Waals surface area (Å²) in [5.41, 5.74) is 7.03. The molecule has 0 amide bonds. The van der Waals surface area contributed by atoms with Crippen LogP contribution in [0.3, 0.4) is 0 Å². The molecule has 1 N–H and O–H groups in total. The second-order valence-corrected chi connectivity index (χ2v) is 12.0. The molecule has 7 nitrogen and oxygen atoms in total. The molecule has 0 saturated heterocycles. The minimum Gasteiger partial charge on any atom is -0.497 e. The molecule has 1 aliphatic rings. The summed E-state index contributed by atoms with van der Waals surface area (Å²) in [6.45, 7) is 4.01. The first-order chi connectivity index (χ1) is 22.5. The fourth-order valence-electron chi connectivity index (χ4n) is 5.98. The first-order valence-electron chi connectivity index (χ1n) is 15.1. The van der Waals surface area contributed by atoms with Crippen LogP contribution in [0, 0.1) is 6.92 Å². The van der Waals surface area contributed by atoms with Gasteiger partial charge in [-0.15, -0.1) is 0 Å². The highest BCUT2D eigenvalue weighted by Gasteiger charge is 2.35. The predicted octanol–water partition coefficient (Wildman–Crippen LogP) is 6.40. The van der Waals surface area contributed by atoms with E-state index >= 15 is 0 Å². The van der Waals surface area contributed by atoms with Crippen molar-refractivity contribution in [3.8, 4) is 17.0 Å². The van der Waals surface area contributed by atoms with E-state index in [4.69, 9.17) is 14.5 Å². The van der Waals surface area contributed by atoms with E-state index in [9.17, 15) is 9.59 Å². The molecule has 0 fully saturated rings. The fourth-order valence-corrected chi connectivity index (χ4v) is 6.96. The summed E-state index contributed by atoms with van der Waals surface area (Å²) < 4.78 is 13.1. The zero-order valence-corrected chi connectivity index (χ0v) is 26.4. The smallest absolute Gasteiger partial charge is 0.338 e. The van der Waals surface area contributed by atoms with E-state index in [2.05, 4.69) is 42.2 Å². The van der Waals surface area contributed by atoms with Gasteiger partial charge in [-0.2, -0.15) is 0 Å². The Morgan fingerprint density at radius 2 is 1.65 bits per heavy atom. The Labute approximate surface area is 269 Å². The number of carbonyl (C=O) groups excluding carboxylic acids is 1. The van der Waals surface area contributed by atoms with Gasteiger partial charge in [-0.25, -0.2) is 9.79 Å². The monoisotopic (exact) mass is 625 g/mol. The summed E-state index contributed by atoms with van der Waals surface area (Å²) in [5.74, 6) is 0.155. The molecule has 0 unspecified atom stereocenters. The third-order valence-electron chi connectivity index (χ3n) is 8.14. The number of hydrogen-bond acceptors (Lipinski definition) is 6. The fraction of sp³-hybridized carbons (Fsp3) is 0.132. The number of fused-ring (bicyclic) bond motifs is 2. The van der Waals surface area contributed by atoms with Crippen molar-refractivity contribution in [3.05, 3.63) is 151 Å². The Bertz CT molecular complexity index is 2300. The molecule has 46 heavy (non-hydrogen) atoms. The van der Waals surface area contributed by atoms with Gasteiger partial charge in [-0.05, 0) is 55.3 Å². The number of carbonyl (C=O) groups is 1. The van der Waals surface area contributed by atoms with Gasteiger partial charge in [0.25, 0.3) is 5.56 Å². The summed E-state index contributed by atoms with van der Waals surface area (Å²) in [6.07, 6.45) is 1.95. The van der Waals surface area contributed by atoms with E-state index in [1.807, 2.05) is 78.9 Å². The number of aromatic amines is 1. The molecule has 1 aliphatic heterocycles. The molecule has 6 aromatic rings. The number of methoxy groups -OCH3 is 1. The topological polar surface area (TPSA) is 85.7 Å². The number of esters is 1. The zero-order chi connectivity index (χ0) is 31.8. The maximum Gasteiger partial charge on any atom is 0.338 e. The highest BCUT2D eigenvalue weighted by atomic mass is 32.1. The second kappa shape index (κ2) is 12.1. The lowest BCUT2D eigenvalue weighted by atomic mass is 9.93. The van der Waals surface area contributed by atoms with Crippen LogP contribution in [0.4, 0.5) is 0 Å². The number of rotatable bonds is 7. The van der Waals surface area contributed by atoms with Crippen molar-refractivity contribution in [2.24, 2.45) is 4.99 Å². The highest BCUT2D eigenvalue weighted by Crippen LogP contribution is 2.36. The first-order valence-corrected chi connectivity index (χ1v) is 15.9. The van der Waals surface area contributed by atoms with Gasteiger partial charge >= 0.3 is 5.97 Å². The molecule has 4 aromatic carbocycles. The molecular weight excluding hydrogens is 595 g/mol. The van der Waals surface area contributed by atoms with Crippen LogP contribution in [-0.4, -0.2) is 29.2 Å². The first kappa shape index (κ1) is 29.3. The van der Waals surface area contributed by atoms with Crippen molar-refractivity contribution < 1.29 is 14.3 Å². The van der Waals surface area contributed by atoms with Gasteiger partial charge in [0.1, 0.15) is 5.75 Å². The molecule has 8 heteroatoms. The van der Waals surface area contributed by atoms with E-state index in [0.717, 1.165) is 44.4 Å². The lowest BCUT2D eigenvalue weighted by Gasteiger charge is -2.26. The van der Waals surface area contributed by atoms with E-state index in [0.29, 0.717) is 26.4 Å². The number of aryl methyl sites for hydroxylation is 1. The highest BCUT2D eigenvalue weighted by molar-refractivity contribution is 7.07. The van der Waals surface area contributed by atoms with Crippen LogP contribution < -0.4 is 19.6 Å². The lowest BCUT2D eigenvalue weighted by molar-refractivity contribution is -0.138. The van der Waals surface area contributed by atoms with Gasteiger partial charge in [0.15, 0.2) is 4.80 Å². The van der Waals surface area contributed by atoms with Crippen molar-refractivity contribution >= 4 is 40.0 Å². The minimum absolute atomic E-state index is 0.187. The molecule has 0 aliphatic carbocycles. The number of H-pyrrole nitrogens is 1. The Kier molecular flexibility index (Phi) is 7.72. The minimum atomic E-state index is -0.766. The molecule has 0 bridgehead atoms. The molecule has 7 rings (SSSR count). The van der Waals surface area contributed by atoms with E-state index in [-0.39, 0.29) is 12.2 Å². The number of nitrogens with zero attached hydrogens (tertiary/aromatic N) is 2. The average Bonchev–Trinajstić information content (AvgIpc) is 3.61. The third kappa shape index (κ3) is 5.16. The summed E-state index contributed by atoms with van der Waals surface area (Å²) in [4.78, 5) is 37.4. The van der Waals surface area contributed by atoms with Crippen LogP contribution in [0.5, 0.6) is 5.75 Å². The van der Waals surface area contributed by atoms with E-state index in [1.165, 1.54) is 11.3 Å². The van der Waals surface area contributed by atoms with Crippen LogP contribution in [0.15, 0.2) is 118 Å². The Morgan fingerprint density at radius 3 is 2.33 bits per heavy atom. The summed E-state index contributed by atoms with van der Waals surface area (Å²) in [5, 5.41) is 1.02. The lowest BCUT2D eigenvalue weighted by Crippen LogP contribution is -2.40. The van der Waals surface area contributed by atoms with Gasteiger partial charge in [-0.1, -0.05) is 95.8 Å². The molecule has 3 heterocycles. The molecule has 0 radical (unpaired) electrons. The van der Waals surface area contributed by atoms with Crippen LogP contribution in [-0.2, 0) is 9.53 Å². The van der Waals surface area contributed by atoms with Gasteiger partial charge in [-0.3, -0.25) is 9.36 Å². The second-order valence-electron chi connectivity index (χ2n) is 11.0. The largest absolute Gasteiger partial charge is 0.497 e. The predicted molar refractivity (Wildman–Crippen MR) is 183 cm³/mol. The van der Waals surface area contributed by atoms with Crippen molar-refractivity contribution in [3.63, 3.8) is 0 Å². The number of ether oxygens (including phenoxy) is 2. The van der Waals surface area contributed by atoms with Crippen molar-refractivity contribution in [2.75, 3.05) is 13.7 Å². The number of thiazole rings is 1. The molecule has 2 aromatic heterocycles. The maximum absolute atomic E-state index is 14.5. The number of benzene rings is 4. The standard InChI is InChI=1S/C38H31N3O4S/c1-4-45-37(43)32-34(25-13-9-6-10-14-25)40-38-41(35(32)26-16-18-27(44-3)19-17-26)36(42)31(46-38)22-29-28-21-23(2)15-20-30(28)39-33(29)24-11-7-5-8-12-24/h5-22,35,39H,4H2,1-3H3/b31-22+/t35-/m0/s1. The third-order valence-corrected chi connectivity index (χ3v) is 9.12. The number of nitrogens with one attached hydrogen (secondary N) is 1. The van der Waals surface area contributed by atoms with Gasteiger partial charge in [0.05, 0.1) is 41.3 Å². The maximum atomic E-state index is 14.5. The van der Waals surface area contributed by atoms with Gasteiger partial charge in [0, 0.05) is 22.0 Å². The molecular formula is C38H31N3O4S. The van der Waals surface area contributed by atoms with E-state index in [1.54, 1.807) is 18.6 Å². The SMILES string of the molecule is CCOC(=O)C1=C(c2ccccc2)N=c2s/c(=C/c3c(-c4ccccc4)[nH]c4ccc(C)cc34)c(=O)n2[C@H]1c1ccc(OC)cc1. The van der Waals surface area contributed by atoms with Crippen LogP contribution in [0.1, 0.15) is 35.2 Å². The van der Waals surface area contributed by atoms with Crippen molar-refractivity contribution in [1.82, 2.24) is 9.55 Å². The van der Waals surface area contributed by atoms with Crippen molar-refractivity contribution in [2.45, 2.75) is 19.9 Å². The molecule has 1 atom stereocenters. The van der Waals surface area contributed by atoms with Crippen LogP contribution in [0.25, 0.3) is 33.9 Å².